The molecule has 2 aromatic carbocycles. The quantitative estimate of drug-likeness (QED) is 0.794. The first-order valence-electron chi connectivity index (χ1n) is 5.89. The van der Waals surface area contributed by atoms with E-state index in [4.69, 9.17) is 10.4 Å². The van der Waals surface area contributed by atoms with Gasteiger partial charge >= 0.3 is 0 Å². The van der Waals surface area contributed by atoms with Gasteiger partial charge in [-0.25, -0.2) is 17.9 Å². The number of benzene rings is 2. The van der Waals surface area contributed by atoms with Crippen LogP contribution in [0.25, 0.3) is 11.1 Å². The van der Waals surface area contributed by atoms with Crippen molar-refractivity contribution < 1.29 is 25.8 Å². The maximum atomic E-state index is 14.4. The molecule has 0 atom stereocenters. The molecule has 0 aliphatic carbocycles. The Labute approximate surface area is 131 Å². The number of hydrogen-bond donors (Lipinski definition) is 2. The third-order valence-corrected chi connectivity index (χ3v) is 4.81. The van der Waals surface area contributed by atoms with Crippen molar-refractivity contribution >= 4 is 20.1 Å². The Hall–Kier alpha value is -2.32. The van der Waals surface area contributed by atoms with Gasteiger partial charge in [0.15, 0.2) is 0 Å². The number of nitrogens with two attached hydrogens (primary N) is 1. The Morgan fingerprint density at radius 1 is 1.04 bits per heavy atom. The molecular formula is C13H9FN2O5S2. The van der Waals surface area contributed by atoms with Crippen LogP contribution in [0.1, 0.15) is 5.56 Å². The molecule has 0 aliphatic heterocycles. The molecule has 0 spiro atoms. The van der Waals surface area contributed by atoms with Gasteiger partial charge in [-0.1, -0.05) is 18.2 Å². The average molecular weight is 356 g/mol. The predicted octanol–water partition coefficient (Wildman–Crippen LogP) is 1.26. The van der Waals surface area contributed by atoms with Crippen LogP contribution in [-0.4, -0.2) is 21.4 Å². The van der Waals surface area contributed by atoms with Crippen LogP contribution in [0, 0.1) is 17.1 Å². The second kappa shape index (κ2) is 5.71. The number of nitriles is 1. The predicted molar refractivity (Wildman–Crippen MR) is 77.7 cm³/mol. The molecule has 0 amide bonds. The van der Waals surface area contributed by atoms with Crippen molar-refractivity contribution in [2.24, 2.45) is 5.14 Å². The highest BCUT2D eigenvalue weighted by molar-refractivity contribution is 7.89. The number of primary sulfonamides is 1. The number of nitrogens with zero attached hydrogens (tertiary/aromatic N) is 1. The van der Waals surface area contributed by atoms with Crippen LogP contribution in [0.15, 0.2) is 46.2 Å². The molecule has 120 valence electrons. The molecular weight excluding hydrogens is 347 g/mol. The summed E-state index contributed by atoms with van der Waals surface area (Å²) in [5, 5.41) is 13.9. The van der Waals surface area contributed by atoms with Gasteiger partial charge in [0.1, 0.15) is 16.8 Å². The Bertz CT molecular complexity index is 990. The molecule has 0 saturated heterocycles. The topological polar surface area (TPSA) is 138 Å². The zero-order chi connectivity index (χ0) is 17.4. The molecule has 3 N–H and O–H groups in total. The van der Waals surface area contributed by atoms with Crippen molar-refractivity contribution in [2.45, 2.75) is 9.79 Å². The lowest BCUT2D eigenvalue weighted by Crippen LogP contribution is -2.15. The largest absolute Gasteiger partial charge is 0.295 e. The van der Waals surface area contributed by atoms with E-state index in [1.54, 1.807) is 6.07 Å². The van der Waals surface area contributed by atoms with E-state index >= 15 is 0 Å². The summed E-state index contributed by atoms with van der Waals surface area (Å²) in [5.74, 6) is -1.13. The normalized spacial score (nSPS) is 11.9. The first kappa shape index (κ1) is 17.0. The second-order valence-electron chi connectivity index (χ2n) is 4.43. The average Bonchev–Trinajstić information content (AvgIpc) is 2.45. The van der Waals surface area contributed by atoms with E-state index in [9.17, 15) is 25.8 Å². The fourth-order valence-electron chi connectivity index (χ4n) is 2.04. The Kier molecular flexibility index (Phi) is 4.23. The van der Waals surface area contributed by atoms with Gasteiger partial charge in [-0.15, -0.1) is 0 Å². The summed E-state index contributed by atoms with van der Waals surface area (Å²) in [4.78, 5) is -1.53. The minimum Gasteiger partial charge on any atom is -0.282 e. The third kappa shape index (κ3) is 3.22. The van der Waals surface area contributed by atoms with Crippen molar-refractivity contribution in [3.8, 4) is 17.2 Å². The van der Waals surface area contributed by atoms with Gasteiger partial charge in [-0.2, -0.15) is 13.7 Å². The van der Waals surface area contributed by atoms with Crippen molar-refractivity contribution in [2.75, 3.05) is 0 Å². The van der Waals surface area contributed by atoms with E-state index in [1.165, 1.54) is 6.07 Å². The fraction of sp³-hybridized carbons (Fsp3) is 0. The van der Waals surface area contributed by atoms with Gasteiger partial charge in [0, 0.05) is 11.1 Å². The molecule has 0 radical (unpaired) electrons. The van der Waals surface area contributed by atoms with Gasteiger partial charge in [0.05, 0.1) is 10.5 Å². The zero-order valence-corrected chi connectivity index (χ0v) is 12.9. The lowest BCUT2D eigenvalue weighted by Gasteiger charge is -2.13. The molecule has 0 aromatic heterocycles. The maximum absolute atomic E-state index is 14.4. The van der Waals surface area contributed by atoms with E-state index in [0.717, 1.165) is 30.3 Å². The lowest BCUT2D eigenvalue weighted by atomic mass is 10.0. The summed E-state index contributed by atoms with van der Waals surface area (Å²) in [6.07, 6.45) is 0. The van der Waals surface area contributed by atoms with Crippen LogP contribution < -0.4 is 5.14 Å². The lowest BCUT2D eigenvalue weighted by molar-refractivity contribution is 0.483. The summed E-state index contributed by atoms with van der Waals surface area (Å²) in [6.45, 7) is 0. The molecule has 0 saturated carbocycles. The zero-order valence-electron chi connectivity index (χ0n) is 11.3. The van der Waals surface area contributed by atoms with Crippen LogP contribution in [0.5, 0.6) is 0 Å². The van der Waals surface area contributed by atoms with Gasteiger partial charge in [-0.3, -0.25) is 4.55 Å². The summed E-state index contributed by atoms with van der Waals surface area (Å²) in [6, 6.07) is 7.91. The van der Waals surface area contributed by atoms with Crippen LogP contribution in [0.4, 0.5) is 4.39 Å². The van der Waals surface area contributed by atoms with E-state index in [1.807, 2.05) is 0 Å². The Balaban J connectivity index is 3.05. The molecule has 0 fully saturated rings. The van der Waals surface area contributed by atoms with Gasteiger partial charge in [0.2, 0.25) is 10.0 Å². The molecule has 0 bridgehead atoms. The first-order chi connectivity index (χ1) is 10.6. The molecule has 0 unspecified atom stereocenters. The Morgan fingerprint density at radius 3 is 2.13 bits per heavy atom. The summed E-state index contributed by atoms with van der Waals surface area (Å²) in [5.41, 5.74) is -1.54. The summed E-state index contributed by atoms with van der Waals surface area (Å²) >= 11 is 0. The number of rotatable bonds is 3. The van der Waals surface area contributed by atoms with Crippen molar-refractivity contribution in [3.05, 3.63) is 47.8 Å². The van der Waals surface area contributed by atoms with Gasteiger partial charge < -0.3 is 0 Å². The summed E-state index contributed by atoms with van der Waals surface area (Å²) < 4.78 is 70.0. The molecule has 10 heteroatoms. The highest BCUT2D eigenvalue weighted by Gasteiger charge is 2.27. The SMILES string of the molecule is N#Cc1cccc(-c2c(S(N)(=O)=O)cccc2S(=O)(=O)O)c1F. The number of halogens is 1. The number of sulfonamides is 1. The highest BCUT2D eigenvalue weighted by Crippen LogP contribution is 2.35. The van der Waals surface area contributed by atoms with E-state index in [-0.39, 0.29) is 0 Å². The first-order valence-corrected chi connectivity index (χ1v) is 8.88. The highest BCUT2D eigenvalue weighted by atomic mass is 32.2. The fourth-order valence-corrected chi connectivity index (χ4v) is 3.61. The van der Waals surface area contributed by atoms with Crippen molar-refractivity contribution in [1.82, 2.24) is 0 Å². The van der Waals surface area contributed by atoms with Crippen molar-refractivity contribution in [3.63, 3.8) is 0 Å². The standard InChI is InChI=1S/C13H9FN2O5S2/c14-13-8(7-15)3-1-4-9(13)12-10(22(16,17)18)5-2-6-11(12)23(19,20)21/h1-6H,(H2,16,17,18)(H,19,20,21). The minimum atomic E-state index is -4.87. The Morgan fingerprint density at radius 2 is 1.61 bits per heavy atom. The van der Waals surface area contributed by atoms with Gasteiger partial charge in [0.25, 0.3) is 10.1 Å². The van der Waals surface area contributed by atoms with Crippen LogP contribution in [0.3, 0.4) is 0 Å². The van der Waals surface area contributed by atoms with Crippen LogP contribution in [-0.2, 0) is 20.1 Å². The summed E-state index contributed by atoms with van der Waals surface area (Å²) in [7, 11) is -9.30. The molecule has 23 heavy (non-hydrogen) atoms. The minimum absolute atomic E-state index is 0.423. The van der Waals surface area contributed by atoms with E-state index < -0.39 is 52.4 Å². The van der Waals surface area contributed by atoms with Gasteiger partial charge in [-0.05, 0) is 18.2 Å². The number of hydrogen-bond acceptors (Lipinski definition) is 5. The van der Waals surface area contributed by atoms with Crippen molar-refractivity contribution in [1.29, 1.82) is 5.26 Å². The molecule has 2 aromatic rings. The maximum Gasteiger partial charge on any atom is 0.295 e. The molecule has 7 nitrogen and oxygen atoms in total. The van der Waals surface area contributed by atoms with E-state index in [0.29, 0.717) is 0 Å². The second-order valence-corrected chi connectivity index (χ2v) is 7.35. The molecule has 2 rings (SSSR count). The van der Waals surface area contributed by atoms with E-state index in [2.05, 4.69) is 0 Å². The van der Waals surface area contributed by atoms with Crippen LogP contribution in [0.2, 0.25) is 0 Å². The molecule has 0 aliphatic rings. The van der Waals surface area contributed by atoms with Crippen LogP contribution >= 0.6 is 0 Å². The third-order valence-electron chi connectivity index (χ3n) is 2.96. The molecule has 0 heterocycles. The monoisotopic (exact) mass is 356 g/mol. The smallest absolute Gasteiger partial charge is 0.282 e.